The summed E-state index contributed by atoms with van der Waals surface area (Å²) in [6, 6.07) is 14.2. The van der Waals surface area contributed by atoms with Gasteiger partial charge in [0.1, 0.15) is 31.2 Å². The largest absolute Gasteiger partial charge is 0.459 e. The first-order valence-electron chi connectivity index (χ1n) is 10.9. The second-order valence-electron chi connectivity index (χ2n) is 8.09. The summed E-state index contributed by atoms with van der Waals surface area (Å²) in [7, 11) is 0. The topological polar surface area (TPSA) is 146 Å². The number of fused-ring (bicyclic) bond motifs is 2. The van der Waals surface area contributed by atoms with E-state index in [9.17, 15) is 9.59 Å². The molecule has 1 amide bonds. The molecule has 2 N–H and O–H groups in total. The number of primary amides is 1. The van der Waals surface area contributed by atoms with Gasteiger partial charge in [-0.1, -0.05) is 30.3 Å². The van der Waals surface area contributed by atoms with Gasteiger partial charge in [-0.05, 0) is 18.2 Å². The number of ether oxygens (including phenoxy) is 6. The van der Waals surface area contributed by atoms with Crippen molar-refractivity contribution in [2.24, 2.45) is 5.73 Å². The lowest BCUT2D eigenvalue weighted by molar-refractivity contribution is -0.156. The standard InChI is InChI=1S/C23H20N4O8/c24-19(28)20-25-10-27(26-20)21-18-17(34-23(35-18)12-4-2-1-3-5-12)16(33-21)9-30-22(29)13-6-7-14-15(8-13)32-11-31-14/h1-8,10,16-18,21,23H,9,11H2,(H2,24,28)/t16-,17?,18-,21-,23+/m1/s1. The van der Waals surface area contributed by atoms with Gasteiger partial charge >= 0.3 is 5.97 Å². The van der Waals surface area contributed by atoms with Crippen LogP contribution in [-0.4, -0.2) is 58.4 Å². The van der Waals surface area contributed by atoms with E-state index >= 15 is 0 Å². The first kappa shape index (κ1) is 21.5. The third kappa shape index (κ3) is 3.97. The maximum absolute atomic E-state index is 12.7. The Morgan fingerprint density at radius 3 is 2.63 bits per heavy atom. The number of rotatable bonds is 6. The van der Waals surface area contributed by atoms with E-state index in [0.29, 0.717) is 17.1 Å². The molecule has 0 bridgehead atoms. The fraction of sp³-hybridized carbons (Fsp3) is 0.304. The average molecular weight is 480 g/mol. The first-order chi connectivity index (χ1) is 17.1. The summed E-state index contributed by atoms with van der Waals surface area (Å²) in [5.41, 5.74) is 6.42. The van der Waals surface area contributed by atoms with Gasteiger partial charge in [-0.15, -0.1) is 5.10 Å². The highest BCUT2D eigenvalue weighted by Crippen LogP contribution is 2.44. The molecule has 5 atom stereocenters. The smallest absolute Gasteiger partial charge is 0.338 e. The third-order valence-corrected chi connectivity index (χ3v) is 5.90. The summed E-state index contributed by atoms with van der Waals surface area (Å²) >= 11 is 0. The molecule has 0 aliphatic carbocycles. The SMILES string of the molecule is NC(=O)c1ncn([C@@H]2O[C@H](COC(=O)c3ccc4c(c3)OCO4)C3O[C@H](c4ccccc4)O[C@H]32)n1. The Labute approximate surface area is 198 Å². The van der Waals surface area contributed by atoms with Crippen LogP contribution in [0, 0.1) is 0 Å². The van der Waals surface area contributed by atoms with Crippen molar-refractivity contribution < 1.29 is 38.0 Å². The monoisotopic (exact) mass is 480 g/mol. The van der Waals surface area contributed by atoms with Crippen LogP contribution in [0.1, 0.15) is 39.1 Å². The lowest BCUT2D eigenvalue weighted by Gasteiger charge is -2.20. The number of amides is 1. The molecule has 2 saturated heterocycles. The van der Waals surface area contributed by atoms with E-state index < -0.39 is 42.7 Å². The number of esters is 1. The zero-order valence-electron chi connectivity index (χ0n) is 18.2. The Kier molecular flexibility index (Phi) is 5.32. The number of carbonyl (C=O) groups excluding carboxylic acids is 2. The van der Waals surface area contributed by atoms with Crippen molar-refractivity contribution >= 4 is 11.9 Å². The molecule has 12 heteroatoms. The minimum Gasteiger partial charge on any atom is -0.459 e. The number of aromatic nitrogens is 3. The minimum atomic E-state index is -0.774. The normalized spacial score (nSPS) is 26.5. The van der Waals surface area contributed by atoms with Crippen LogP contribution >= 0.6 is 0 Å². The van der Waals surface area contributed by atoms with Gasteiger partial charge in [0.15, 0.2) is 24.0 Å². The Bertz CT molecular complexity index is 1270. The van der Waals surface area contributed by atoms with Crippen LogP contribution in [0.25, 0.3) is 0 Å². The van der Waals surface area contributed by atoms with Gasteiger partial charge < -0.3 is 34.2 Å². The Morgan fingerprint density at radius 1 is 1.03 bits per heavy atom. The molecule has 0 radical (unpaired) electrons. The summed E-state index contributed by atoms with van der Waals surface area (Å²) in [4.78, 5) is 28.1. The maximum Gasteiger partial charge on any atom is 0.338 e. The van der Waals surface area contributed by atoms with Crippen molar-refractivity contribution in [3.8, 4) is 11.5 Å². The van der Waals surface area contributed by atoms with Crippen LogP contribution in [0.5, 0.6) is 11.5 Å². The van der Waals surface area contributed by atoms with Gasteiger partial charge in [0.25, 0.3) is 5.91 Å². The molecule has 1 unspecified atom stereocenters. The predicted octanol–water partition coefficient (Wildman–Crippen LogP) is 1.34. The van der Waals surface area contributed by atoms with Crippen molar-refractivity contribution in [1.82, 2.24) is 14.8 Å². The van der Waals surface area contributed by atoms with Gasteiger partial charge in [0, 0.05) is 5.56 Å². The van der Waals surface area contributed by atoms with E-state index in [-0.39, 0.29) is 19.2 Å². The zero-order chi connectivity index (χ0) is 23.9. The van der Waals surface area contributed by atoms with E-state index in [1.165, 1.54) is 11.0 Å². The zero-order valence-corrected chi connectivity index (χ0v) is 18.2. The molecule has 3 aliphatic rings. The molecule has 35 heavy (non-hydrogen) atoms. The summed E-state index contributed by atoms with van der Waals surface area (Å²) in [5.74, 6) is -0.425. The van der Waals surface area contributed by atoms with Crippen LogP contribution in [0.2, 0.25) is 0 Å². The molecule has 6 rings (SSSR count). The molecular weight excluding hydrogens is 460 g/mol. The van der Waals surface area contributed by atoms with Gasteiger partial charge in [0.05, 0.1) is 5.56 Å². The Hall–Kier alpha value is -4.00. The third-order valence-electron chi connectivity index (χ3n) is 5.90. The van der Waals surface area contributed by atoms with E-state index in [1.807, 2.05) is 30.3 Å². The van der Waals surface area contributed by atoms with Crippen LogP contribution in [0.4, 0.5) is 0 Å². The minimum absolute atomic E-state index is 0.104. The molecule has 0 spiro atoms. The van der Waals surface area contributed by atoms with Crippen molar-refractivity contribution in [2.75, 3.05) is 13.4 Å². The molecule has 1 aromatic heterocycles. The fourth-order valence-corrected chi connectivity index (χ4v) is 4.22. The van der Waals surface area contributed by atoms with Gasteiger partial charge in [-0.25, -0.2) is 14.5 Å². The summed E-state index contributed by atoms with van der Waals surface area (Å²) in [6.45, 7) is 0.00105. The van der Waals surface area contributed by atoms with Crippen molar-refractivity contribution in [3.05, 3.63) is 71.8 Å². The number of benzene rings is 2. The number of carbonyl (C=O) groups is 2. The van der Waals surface area contributed by atoms with E-state index in [2.05, 4.69) is 10.1 Å². The quantitative estimate of drug-likeness (QED) is 0.513. The number of nitrogens with zero attached hydrogens (tertiary/aromatic N) is 3. The molecule has 12 nitrogen and oxygen atoms in total. The molecular formula is C23H20N4O8. The number of hydrogen-bond acceptors (Lipinski definition) is 10. The van der Waals surface area contributed by atoms with Crippen LogP contribution in [0.3, 0.4) is 0 Å². The maximum atomic E-state index is 12.7. The second-order valence-corrected chi connectivity index (χ2v) is 8.09. The van der Waals surface area contributed by atoms with E-state index in [1.54, 1.807) is 18.2 Å². The Balaban J connectivity index is 1.20. The molecule has 3 aliphatic heterocycles. The van der Waals surface area contributed by atoms with Crippen LogP contribution in [0.15, 0.2) is 54.9 Å². The average Bonchev–Trinajstić information content (AvgIpc) is 3.66. The lowest BCUT2D eigenvalue weighted by Crippen LogP contribution is -2.32. The Morgan fingerprint density at radius 2 is 1.83 bits per heavy atom. The highest BCUT2D eigenvalue weighted by atomic mass is 16.8. The highest BCUT2D eigenvalue weighted by Gasteiger charge is 2.54. The van der Waals surface area contributed by atoms with Crippen LogP contribution in [-0.2, 0) is 18.9 Å². The molecule has 4 heterocycles. The highest BCUT2D eigenvalue weighted by molar-refractivity contribution is 5.90. The number of hydrogen-bond donors (Lipinski definition) is 1. The molecule has 2 fully saturated rings. The number of nitrogens with two attached hydrogens (primary N) is 1. The fourth-order valence-electron chi connectivity index (χ4n) is 4.22. The van der Waals surface area contributed by atoms with Crippen molar-refractivity contribution in [3.63, 3.8) is 0 Å². The van der Waals surface area contributed by atoms with Crippen molar-refractivity contribution in [1.29, 1.82) is 0 Å². The predicted molar refractivity (Wildman–Crippen MR) is 114 cm³/mol. The lowest BCUT2D eigenvalue weighted by atomic mass is 10.1. The van der Waals surface area contributed by atoms with E-state index in [0.717, 1.165) is 5.56 Å². The van der Waals surface area contributed by atoms with Gasteiger partial charge in [-0.2, -0.15) is 0 Å². The summed E-state index contributed by atoms with van der Waals surface area (Å²) in [5, 5.41) is 4.10. The summed E-state index contributed by atoms with van der Waals surface area (Å²) in [6.07, 6.45) is -1.93. The summed E-state index contributed by atoms with van der Waals surface area (Å²) < 4.78 is 35.9. The van der Waals surface area contributed by atoms with Gasteiger partial charge in [-0.3, -0.25) is 4.79 Å². The molecule has 180 valence electrons. The van der Waals surface area contributed by atoms with Gasteiger partial charge in [0.2, 0.25) is 12.6 Å². The van der Waals surface area contributed by atoms with Crippen molar-refractivity contribution in [2.45, 2.75) is 30.8 Å². The molecule has 3 aromatic rings. The molecule has 2 aromatic carbocycles. The van der Waals surface area contributed by atoms with E-state index in [4.69, 9.17) is 34.2 Å². The second kappa shape index (κ2) is 8.65. The first-order valence-corrected chi connectivity index (χ1v) is 10.9. The van der Waals surface area contributed by atoms with Crippen LogP contribution < -0.4 is 15.2 Å². The molecule has 0 saturated carbocycles.